The van der Waals surface area contributed by atoms with Crippen molar-refractivity contribution >= 4 is 17.8 Å². The molecule has 9 heteroatoms. The molecule has 4 heterocycles. The summed E-state index contributed by atoms with van der Waals surface area (Å²) in [5, 5.41) is 6.89. The molecule has 1 spiro atoms. The molecule has 1 aliphatic carbocycles. The minimum Gasteiger partial charge on any atom is -0.455 e. The fourth-order valence-electron chi connectivity index (χ4n) is 3.84. The van der Waals surface area contributed by atoms with Gasteiger partial charge in [0.1, 0.15) is 17.3 Å². The van der Waals surface area contributed by atoms with Crippen LogP contribution in [0.4, 0.5) is 10.6 Å². The van der Waals surface area contributed by atoms with Gasteiger partial charge >= 0.3 is 6.03 Å². The van der Waals surface area contributed by atoms with Gasteiger partial charge in [-0.15, -0.1) is 0 Å². The van der Waals surface area contributed by atoms with E-state index >= 15 is 0 Å². The standard InChI is InChI=1S/C22H22N6O3/c1-14-18(31-16-5-9-23-17(11-16)15-12-24-27(2)13-15)3-4-19(25-14)26-21(30)28-10-8-22(6-7-22)20(28)29/h3-5,9,11-13H,6-8,10H2,1-2H3,(H,25,26,30). The molecular formula is C22H22N6O3. The Morgan fingerprint density at radius 3 is 2.74 bits per heavy atom. The van der Waals surface area contributed by atoms with Crippen molar-refractivity contribution in [3.8, 4) is 22.8 Å². The van der Waals surface area contributed by atoms with E-state index in [1.165, 1.54) is 4.90 Å². The van der Waals surface area contributed by atoms with E-state index < -0.39 is 6.03 Å². The first kappa shape index (κ1) is 19.2. The highest BCUT2D eigenvalue weighted by Crippen LogP contribution is 2.53. The Morgan fingerprint density at radius 2 is 2.06 bits per heavy atom. The SMILES string of the molecule is Cc1nc(NC(=O)N2CCC3(CC3)C2=O)ccc1Oc1ccnc(-c2cnn(C)c2)c1. The van der Waals surface area contributed by atoms with Gasteiger partial charge in [0.25, 0.3) is 0 Å². The lowest BCUT2D eigenvalue weighted by atomic mass is 10.1. The molecule has 0 aromatic carbocycles. The van der Waals surface area contributed by atoms with Crippen molar-refractivity contribution in [2.75, 3.05) is 11.9 Å². The van der Waals surface area contributed by atoms with Crippen LogP contribution in [-0.2, 0) is 11.8 Å². The van der Waals surface area contributed by atoms with Crippen LogP contribution in [0.1, 0.15) is 25.0 Å². The highest BCUT2D eigenvalue weighted by Gasteiger charge is 2.56. The number of carbonyl (C=O) groups excluding carboxylic acids is 2. The fraction of sp³-hybridized carbons (Fsp3) is 0.318. The molecule has 3 aromatic rings. The Morgan fingerprint density at radius 1 is 1.23 bits per heavy atom. The number of likely N-dealkylation sites (tertiary alicyclic amines) is 1. The normalized spacial score (nSPS) is 16.6. The largest absolute Gasteiger partial charge is 0.455 e. The average molecular weight is 418 g/mol. The summed E-state index contributed by atoms with van der Waals surface area (Å²) in [5.74, 6) is 1.50. The number of nitrogens with one attached hydrogen (secondary N) is 1. The van der Waals surface area contributed by atoms with E-state index in [0.29, 0.717) is 29.6 Å². The molecule has 9 nitrogen and oxygen atoms in total. The van der Waals surface area contributed by atoms with Crippen LogP contribution in [0.15, 0.2) is 42.9 Å². The van der Waals surface area contributed by atoms with Crippen molar-refractivity contribution in [2.45, 2.75) is 26.2 Å². The molecule has 3 amide bonds. The Bertz CT molecular complexity index is 1180. The van der Waals surface area contributed by atoms with E-state index in [9.17, 15) is 9.59 Å². The predicted molar refractivity (Wildman–Crippen MR) is 113 cm³/mol. The summed E-state index contributed by atoms with van der Waals surface area (Å²) in [6, 6.07) is 6.58. The Balaban J connectivity index is 1.28. The van der Waals surface area contributed by atoms with Gasteiger partial charge in [-0.3, -0.25) is 24.7 Å². The number of aromatic nitrogens is 4. The Hall–Kier alpha value is -3.75. The lowest BCUT2D eigenvalue weighted by Crippen LogP contribution is -2.37. The van der Waals surface area contributed by atoms with Crippen LogP contribution in [0.5, 0.6) is 11.5 Å². The van der Waals surface area contributed by atoms with Gasteiger partial charge in [-0.1, -0.05) is 0 Å². The van der Waals surface area contributed by atoms with Crippen LogP contribution in [0.3, 0.4) is 0 Å². The molecule has 5 rings (SSSR count). The number of pyridine rings is 2. The second-order valence-electron chi connectivity index (χ2n) is 8.08. The number of amides is 3. The number of rotatable bonds is 4. The molecule has 31 heavy (non-hydrogen) atoms. The average Bonchev–Trinajstić information content (AvgIpc) is 3.30. The van der Waals surface area contributed by atoms with Gasteiger partial charge in [-0.05, 0) is 44.4 Å². The topological polar surface area (TPSA) is 102 Å². The molecule has 1 saturated heterocycles. The summed E-state index contributed by atoms with van der Waals surface area (Å²) < 4.78 is 7.70. The van der Waals surface area contributed by atoms with Crippen molar-refractivity contribution in [3.05, 3.63) is 48.5 Å². The maximum absolute atomic E-state index is 12.5. The number of nitrogens with zero attached hydrogens (tertiary/aromatic N) is 5. The lowest BCUT2D eigenvalue weighted by molar-refractivity contribution is -0.129. The number of imide groups is 1. The van der Waals surface area contributed by atoms with Gasteiger partial charge in [-0.2, -0.15) is 5.10 Å². The van der Waals surface area contributed by atoms with E-state index in [1.807, 2.05) is 19.3 Å². The molecule has 0 bridgehead atoms. The molecule has 2 aliphatic rings. The summed E-state index contributed by atoms with van der Waals surface area (Å²) in [6.07, 6.45) is 7.83. The summed E-state index contributed by atoms with van der Waals surface area (Å²) in [5.41, 5.74) is 2.00. The smallest absolute Gasteiger partial charge is 0.329 e. The van der Waals surface area contributed by atoms with Crippen molar-refractivity contribution in [2.24, 2.45) is 12.5 Å². The third-order valence-electron chi connectivity index (χ3n) is 5.84. The maximum atomic E-state index is 12.5. The molecule has 158 valence electrons. The van der Waals surface area contributed by atoms with Gasteiger partial charge in [0.15, 0.2) is 0 Å². The van der Waals surface area contributed by atoms with E-state index in [0.717, 1.165) is 30.5 Å². The number of carbonyl (C=O) groups is 2. The minimum atomic E-state index is -0.426. The molecule has 0 radical (unpaired) electrons. The van der Waals surface area contributed by atoms with Crippen molar-refractivity contribution in [3.63, 3.8) is 0 Å². The van der Waals surface area contributed by atoms with Crippen LogP contribution in [-0.4, -0.2) is 43.1 Å². The molecule has 1 saturated carbocycles. The molecule has 0 atom stereocenters. The quantitative estimate of drug-likeness (QED) is 0.695. The predicted octanol–water partition coefficient (Wildman–Crippen LogP) is 3.52. The third kappa shape index (κ3) is 3.63. The van der Waals surface area contributed by atoms with E-state index in [4.69, 9.17) is 4.74 Å². The first-order chi connectivity index (χ1) is 14.9. The number of ether oxygens (including phenoxy) is 1. The van der Waals surface area contributed by atoms with Crippen molar-refractivity contribution < 1.29 is 14.3 Å². The van der Waals surface area contributed by atoms with Crippen LogP contribution in [0.2, 0.25) is 0 Å². The first-order valence-corrected chi connectivity index (χ1v) is 10.2. The van der Waals surface area contributed by atoms with E-state index in [1.54, 1.807) is 42.2 Å². The van der Waals surface area contributed by atoms with Crippen molar-refractivity contribution in [1.29, 1.82) is 0 Å². The Kier molecular flexibility index (Phi) is 4.46. The van der Waals surface area contributed by atoms with E-state index in [2.05, 4.69) is 20.4 Å². The van der Waals surface area contributed by atoms with Crippen LogP contribution in [0.25, 0.3) is 11.3 Å². The monoisotopic (exact) mass is 418 g/mol. The number of hydrogen-bond donors (Lipinski definition) is 1. The molecule has 2 fully saturated rings. The number of aryl methyl sites for hydroxylation is 2. The number of anilines is 1. The zero-order valence-corrected chi connectivity index (χ0v) is 17.3. The molecule has 1 aliphatic heterocycles. The summed E-state index contributed by atoms with van der Waals surface area (Å²) in [6.45, 7) is 2.26. The summed E-state index contributed by atoms with van der Waals surface area (Å²) in [7, 11) is 1.85. The van der Waals surface area contributed by atoms with Gasteiger partial charge in [-0.25, -0.2) is 9.78 Å². The van der Waals surface area contributed by atoms with Gasteiger partial charge in [0.05, 0.1) is 23.0 Å². The first-order valence-electron chi connectivity index (χ1n) is 10.2. The van der Waals surface area contributed by atoms with Crippen LogP contribution < -0.4 is 10.1 Å². The summed E-state index contributed by atoms with van der Waals surface area (Å²) in [4.78, 5) is 35.0. The zero-order valence-electron chi connectivity index (χ0n) is 17.3. The van der Waals surface area contributed by atoms with E-state index in [-0.39, 0.29) is 11.3 Å². The highest BCUT2D eigenvalue weighted by molar-refractivity contribution is 6.05. The number of hydrogen-bond acceptors (Lipinski definition) is 6. The molecular weight excluding hydrogens is 396 g/mol. The Labute approximate surface area is 179 Å². The van der Waals surface area contributed by atoms with Gasteiger partial charge in [0.2, 0.25) is 5.91 Å². The molecule has 1 N–H and O–H groups in total. The van der Waals surface area contributed by atoms with Crippen molar-refractivity contribution in [1.82, 2.24) is 24.6 Å². The van der Waals surface area contributed by atoms with Gasteiger partial charge < -0.3 is 4.74 Å². The second kappa shape index (κ2) is 7.19. The third-order valence-corrected chi connectivity index (χ3v) is 5.84. The molecule has 0 unspecified atom stereocenters. The minimum absolute atomic E-state index is 0.0659. The summed E-state index contributed by atoms with van der Waals surface area (Å²) >= 11 is 0. The maximum Gasteiger partial charge on any atom is 0.329 e. The molecule has 3 aromatic heterocycles. The van der Waals surface area contributed by atoms with Crippen LogP contribution in [0, 0.1) is 12.3 Å². The fourth-order valence-corrected chi connectivity index (χ4v) is 3.84. The second-order valence-corrected chi connectivity index (χ2v) is 8.08. The lowest BCUT2D eigenvalue weighted by Gasteiger charge is -2.16. The van der Waals surface area contributed by atoms with Crippen LogP contribution >= 0.6 is 0 Å². The number of urea groups is 1. The zero-order chi connectivity index (χ0) is 21.6. The van der Waals surface area contributed by atoms with Gasteiger partial charge in [0, 0.05) is 37.6 Å². The highest BCUT2D eigenvalue weighted by atomic mass is 16.5.